The van der Waals surface area contributed by atoms with Crippen LogP contribution in [0.4, 0.5) is 10.1 Å². The molecule has 1 aliphatic heterocycles. The standard InChI is InChI=1S/C32H26FNO5/c1-20-17-23(13-16-27(20)39-19-21-7-4-3-5-8-21)30(35)28-29(22-11-14-24(33)15-12-22)34(32(37)31(28)36)25-9-6-10-26(18-25)38-2/h3-18,29,35H,19H2,1-2H3/b30-28+. The van der Waals surface area contributed by atoms with E-state index < -0.39 is 23.5 Å². The van der Waals surface area contributed by atoms with E-state index in [-0.39, 0.29) is 11.3 Å². The molecule has 1 saturated heterocycles. The summed E-state index contributed by atoms with van der Waals surface area (Å²) in [6, 6.07) is 26.1. The highest BCUT2D eigenvalue weighted by Crippen LogP contribution is 2.43. The Morgan fingerprint density at radius 1 is 0.923 bits per heavy atom. The fourth-order valence-corrected chi connectivity index (χ4v) is 4.67. The van der Waals surface area contributed by atoms with E-state index in [1.54, 1.807) is 42.5 Å². The Balaban J connectivity index is 1.56. The largest absolute Gasteiger partial charge is 0.507 e. The van der Waals surface area contributed by atoms with Crippen molar-refractivity contribution in [3.63, 3.8) is 0 Å². The number of carbonyl (C=O) groups excluding carboxylic acids is 2. The number of hydrogen-bond donors (Lipinski definition) is 1. The van der Waals surface area contributed by atoms with Crippen molar-refractivity contribution in [1.29, 1.82) is 0 Å². The van der Waals surface area contributed by atoms with E-state index in [2.05, 4.69) is 0 Å². The maximum Gasteiger partial charge on any atom is 0.300 e. The van der Waals surface area contributed by atoms with Crippen molar-refractivity contribution in [2.24, 2.45) is 0 Å². The fourth-order valence-electron chi connectivity index (χ4n) is 4.67. The molecule has 1 aliphatic rings. The van der Waals surface area contributed by atoms with Crippen LogP contribution in [0, 0.1) is 12.7 Å². The van der Waals surface area contributed by atoms with Crippen LogP contribution in [-0.2, 0) is 16.2 Å². The fraction of sp³-hybridized carbons (Fsp3) is 0.125. The highest BCUT2D eigenvalue weighted by atomic mass is 19.1. The maximum atomic E-state index is 13.8. The molecule has 0 bridgehead atoms. The lowest BCUT2D eigenvalue weighted by atomic mass is 9.94. The number of methoxy groups -OCH3 is 1. The van der Waals surface area contributed by atoms with Gasteiger partial charge in [0.25, 0.3) is 11.7 Å². The Hall–Kier alpha value is -4.91. The lowest BCUT2D eigenvalue weighted by Crippen LogP contribution is -2.29. The van der Waals surface area contributed by atoms with Crippen molar-refractivity contribution in [3.05, 3.63) is 131 Å². The molecule has 4 aromatic carbocycles. The molecule has 196 valence electrons. The summed E-state index contributed by atoms with van der Waals surface area (Å²) in [7, 11) is 1.50. The predicted molar refractivity (Wildman–Crippen MR) is 146 cm³/mol. The average molecular weight is 524 g/mol. The maximum absolute atomic E-state index is 13.8. The molecule has 0 spiro atoms. The number of ether oxygens (including phenoxy) is 2. The second-order valence-electron chi connectivity index (χ2n) is 9.18. The van der Waals surface area contributed by atoms with Crippen molar-refractivity contribution in [2.75, 3.05) is 12.0 Å². The van der Waals surface area contributed by atoms with Gasteiger partial charge in [-0.15, -0.1) is 0 Å². The van der Waals surface area contributed by atoms with Crippen molar-refractivity contribution in [3.8, 4) is 11.5 Å². The molecule has 1 amide bonds. The Morgan fingerprint density at radius 3 is 2.36 bits per heavy atom. The number of rotatable bonds is 7. The summed E-state index contributed by atoms with van der Waals surface area (Å²) >= 11 is 0. The number of aryl methyl sites for hydroxylation is 1. The van der Waals surface area contributed by atoms with Gasteiger partial charge in [-0.05, 0) is 66.1 Å². The smallest absolute Gasteiger partial charge is 0.300 e. The topological polar surface area (TPSA) is 76.1 Å². The van der Waals surface area contributed by atoms with Crippen LogP contribution in [0.15, 0.2) is 103 Å². The van der Waals surface area contributed by atoms with E-state index in [0.29, 0.717) is 34.9 Å². The Labute approximate surface area is 225 Å². The minimum atomic E-state index is -0.980. The Kier molecular flexibility index (Phi) is 7.14. The number of carbonyl (C=O) groups is 2. The number of aliphatic hydroxyl groups excluding tert-OH is 1. The van der Waals surface area contributed by atoms with Gasteiger partial charge in [0.1, 0.15) is 29.7 Å². The SMILES string of the molecule is COc1cccc(N2C(=O)C(=O)/C(=C(/O)c3ccc(OCc4ccccc4)c(C)c3)C2c2ccc(F)cc2)c1. The van der Waals surface area contributed by atoms with Gasteiger partial charge < -0.3 is 14.6 Å². The number of benzene rings is 4. The predicted octanol–water partition coefficient (Wildman–Crippen LogP) is 6.35. The van der Waals surface area contributed by atoms with Crippen molar-refractivity contribution >= 4 is 23.1 Å². The van der Waals surface area contributed by atoms with Gasteiger partial charge in [0.2, 0.25) is 0 Å². The molecule has 1 heterocycles. The highest BCUT2D eigenvalue weighted by molar-refractivity contribution is 6.51. The van der Waals surface area contributed by atoms with Crippen LogP contribution in [0.2, 0.25) is 0 Å². The zero-order valence-electron chi connectivity index (χ0n) is 21.4. The number of aliphatic hydroxyl groups is 1. The van der Waals surface area contributed by atoms with Gasteiger partial charge in [0.15, 0.2) is 0 Å². The normalized spacial score (nSPS) is 16.4. The van der Waals surface area contributed by atoms with Crippen LogP contribution in [0.25, 0.3) is 5.76 Å². The van der Waals surface area contributed by atoms with E-state index >= 15 is 0 Å². The number of anilines is 1. The monoisotopic (exact) mass is 523 g/mol. The molecule has 4 aromatic rings. The third kappa shape index (κ3) is 5.11. The molecule has 1 atom stereocenters. The van der Waals surface area contributed by atoms with Gasteiger partial charge >= 0.3 is 0 Å². The lowest BCUT2D eigenvalue weighted by Gasteiger charge is -2.25. The molecule has 6 nitrogen and oxygen atoms in total. The van der Waals surface area contributed by atoms with E-state index in [9.17, 15) is 19.1 Å². The van der Waals surface area contributed by atoms with E-state index in [1.807, 2.05) is 37.3 Å². The number of halogens is 1. The van der Waals surface area contributed by atoms with Crippen LogP contribution in [0.1, 0.15) is 28.3 Å². The average Bonchev–Trinajstić information content (AvgIpc) is 3.22. The van der Waals surface area contributed by atoms with Gasteiger partial charge in [0.05, 0.1) is 18.7 Å². The molecule has 1 N–H and O–H groups in total. The number of Topliss-reactive ketones (excluding diaryl/α,β-unsaturated/α-hetero) is 1. The molecule has 0 saturated carbocycles. The minimum absolute atomic E-state index is 0.0909. The third-order valence-electron chi connectivity index (χ3n) is 6.65. The summed E-state index contributed by atoms with van der Waals surface area (Å²) in [5.41, 5.74) is 2.91. The molecular weight excluding hydrogens is 497 g/mol. The Morgan fingerprint density at radius 2 is 1.67 bits per heavy atom. The Bertz CT molecular complexity index is 1560. The number of nitrogens with zero attached hydrogens (tertiary/aromatic N) is 1. The van der Waals surface area contributed by atoms with Crippen LogP contribution in [0.5, 0.6) is 11.5 Å². The van der Waals surface area contributed by atoms with Crippen LogP contribution >= 0.6 is 0 Å². The van der Waals surface area contributed by atoms with Crippen molar-refractivity contribution in [2.45, 2.75) is 19.6 Å². The van der Waals surface area contributed by atoms with Gasteiger partial charge in [0, 0.05) is 17.3 Å². The molecule has 0 radical (unpaired) electrons. The summed E-state index contributed by atoms with van der Waals surface area (Å²) in [6.45, 7) is 2.21. The molecule has 5 rings (SSSR count). The first-order valence-corrected chi connectivity index (χ1v) is 12.4. The summed E-state index contributed by atoms with van der Waals surface area (Å²) in [5, 5.41) is 11.4. The molecular formula is C32H26FNO5. The van der Waals surface area contributed by atoms with E-state index in [4.69, 9.17) is 9.47 Å². The molecule has 7 heteroatoms. The van der Waals surface area contributed by atoms with Gasteiger partial charge in [-0.25, -0.2) is 4.39 Å². The van der Waals surface area contributed by atoms with Crippen molar-refractivity contribution < 1.29 is 28.6 Å². The van der Waals surface area contributed by atoms with Gasteiger partial charge in [-0.3, -0.25) is 14.5 Å². The van der Waals surface area contributed by atoms with Gasteiger partial charge in [-0.2, -0.15) is 0 Å². The van der Waals surface area contributed by atoms with Gasteiger partial charge in [-0.1, -0.05) is 48.5 Å². The highest BCUT2D eigenvalue weighted by Gasteiger charge is 2.47. The van der Waals surface area contributed by atoms with Crippen LogP contribution in [-0.4, -0.2) is 23.9 Å². The first-order valence-electron chi connectivity index (χ1n) is 12.4. The van der Waals surface area contributed by atoms with E-state index in [0.717, 1.165) is 11.1 Å². The molecule has 0 aliphatic carbocycles. The summed E-state index contributed by atoms with van der Waals surface area (Å²) in [6.07, 6.45) is 0. The first-order chi connectivity index (χ1) is 18.9. The number of amides is 1. The first kappa shape index (κ1) is 25.7. The van der Waals surface area contributed by atoms with Crippen molar-refractivity contribution in [1.82, 2.24) is 0 Å². The molecule has 0 aromatic heterocycles. The minimum Gasteiger partial charge on any atom is -0.507 e. The summed E-state index contributed by atoms with van der Waals surface area (Å²) in [5.74, 6) is -1.31. The molecule has 1 fully saturated rings. The van der Waals surface area contributed by atoms with Crippen LogP contribution in [0.3, 0.4) is 0 Å². The summed E-state index contributed by atoms with van der Waals surface area (Å²) in [4.78, 5) is 28.0. The summed E-state index contributed by atoms with van der Waals surface area (Å²) < 4.78 is 25.0. The lowest BCUT2D eigenvalue weighted by molar-refractivity contribution is -0.132. The molecule has 39 heavy (non-hydrogen) atoms. The molecule has 1 unspecified atom stereocenters. The zero-order valence-corrected chi connectivity index (χ0v) is 21.4. The second kappa shape index (κ2) is 10.8. The van der Waals surface area contributed by atoms with E-state index in [1.165, 1.54) is 36.3 Å². The number of hydrogen-bond acceptors (Lipinski definition) is 5. The van der Waals surface area contributed by atoms with Crippen LogP contribution < -0.4 is 14.4 Å². The zero-order chi connectivity index (χ0) is 27.5. The number of ketones is 1. The third-order valence-corrected chi connectivity index (χ3v) is 6.65. The quantitative estimate of drug-likeness (QED) is 0.174. The second-order valence-corrected chi connectivity index (χ2v) is 9.18.